The van der Waals surface area contributed by atoms with Crippen LogP contribution in [-0.4, -0.2) is 20.5 Å². The van der Waals surface area contributed by atoms with Gasteiger partial charge < -0.3 is 5.32 Å². The van der Waals surface area contributed by atoms with E-state index >= 15 is 0 Å². The monoisotopic (exact) mass is 320 g/mol. The van der Waals surface area contributed by atoms with E-state index in [1.165, 1.54) is 4.52 Å². The smallest absolute Gasteiger partial charge is 0.295 e. The minimum Gasteiger partial charge on any atom is -0.321 e. The molecule has 2 heterocycles. The van der Waals surface area contributed by atoms with Gasteiger partial charge in [0.2, 0.25) is 4.96 Å². The van der Waals surface area contributed by atoms with Crippen LogP contribution in [0.5, 0.6) is 0 Å². The number of thiazole rings is 1. The van der Waals surface area contributed by atoms with Crippen molar-refractivity contribution < 1.29 is 4.79 Å². The normalized spacial score (nSPS) is 10.8. The van der Waals surface area contributed by atoms with Gasteiger partial charge in [-0.25, -0.2) is 4.52 Å². The van der Waals surface area contributed by atoms with Crippen molar-refractivity contribution in [3.8, 4) is 0 Å². The molecule has 6 nitrogen and oxygen atoms in total. The van der Waals surface area contributed by atoms with E-state index in [4.69, 9.17) is 11.6 Å². The van der Waals surface area contributed by atoms with E-state index in [1.807, 2.05) is 0 Å². The first-order valence-corrected chi connectivity index (χ1v) is 7.16. The molecule has 1 aromatic carbocycles. The summed E-state index contributed by atoms with van der Waals surface area (Å²) in [6.07, 6.45) is 1.54. The van der Waals surface area contributed by atoms with E-state index in [0.29, 0.717) is 20.5 Å². The number of hydrogen-bond donors (Lipinski definition) is 1. The molecule has 0 saturated carbocycles. The minimum absolute atomic E-state index is 0.284. The van der Waals surface area contributed by atoms with E-state index in [2.05, 4.69) is 15.4 Å². The highest BCUT2D eigenvalue weighted by Crippen LogP contribution is 2.18. The van der Waals surface area contributed by atoms with Gasteiger partial charge >= 0.3 is 0 Å². The molecule has 0 aliphatic rings. The lowest BCUT2D eigenvalue weighted by Gasteiger charge is -2.02. The summed E-state index contributed by atoms with van der Waals surface area (Å²) in [4.78, 5) is 28.3. The number of nitrogens with one attached hydrogen (secondary N) is 1. The van der Waals surface area contributed by atoms with Crippen LogP contribution in [0.15, 0.2) is 35.3 Å². The van der Waals surface area contributed by atoms with Crippen molar-refractivity contribution in [2.24, 2.45) is 0 Å². The lowest BCUT2D eigenvalue weighted by molar-refractivity contribution is 0.103. The summed E-state index contributed by atoms with van der Waals surface area (Å²) in [5.41, 5.74) is 0.488. The number of fused-ring (bicyclic) bond motifs is 1. The maximum absolute atomic E-state index is 12.2. The minimum atomic E-state index is -0.390. The Morgan fingerprint density at radius 3 is 3.00 bits per heavy atom. The summed E-state index contributed by atoms with van der Waals surface area (Å²) in [7, 11) is 0. The maximum atomic E-state index is 12.2. The van der Waals surface area contributed by atoms with Crippen LogP contribution in [0, 0.1) is 6.92 Å². The first-order chi connectivity index (χ1) is 10.0. The number of carbonyl (C=O) groups excluding carboxylic acids is 1. The number of hydrogen-bond acceptors (Lipinski definition) is 5. The number of carbonyl (C=O) groups is 1. The molecule has 8 heteroatoms. The average Bonchev–Trinajstić information content (AvgIpc) is 2.82. The topological polar surface area (TPSA) is 76.4 Å². The van der Waals surface area contributed by atoms with Crippen LogP contribution in [0.4, 0.5) is 5.69 Å². The Kier molecular flexibility index (Phi) is 3.44. The molecule has 0 aliphatic heterocycles. The Bertz CT molecular complexity index is 903. The van der Waals surface area contributed by atoms with Gasteiger partial charge in [-0.05, 0) is 25.1 Å². The summed E-state index contributed by atoms with van der Waals surface area (Å²) < 4.78 is 1.42. The predicted molar refractivity (Wildman–Crippen MR) is 81.3 cm³/mol. The molecule has 0 aliphatic carbocycles. The van der Waals surface area contributed by atoms with Crippen molar-refractivity contribution >= 4 is 39.5 Å². The van der Waals surface area contributed by atoms with E-state index in [9.17, 15) is 9.59 Å². The van der Waals surface area contributed by atoms with Crippen molar-refractivity contribution in [3.05, 3.63) is 56.4 Å². The third-order valence-electron chi connectivity index (χ3n) is 2.71. The van der Waals surface area contributed by atoms with Crippen LogP contribution in [0.3, 0.4) is 0 Å². The van der Waals surface area contributed by atoms with Crippen molar-refractivity contribution in [3.63, 3.8) is 0 Å². The number of halogens is 1. The Morgan fingerprint density at radius 2 is 2.24 bits per heavy atom. The molecule has 0 unspecified atom stereocenters. The highest BCUT2D eigenvalue weighted by atomic mass is 35.5. The molecule has 0 fully saturated rings. The molecule has 0 saturated heterocycles. The molecule has 3 aromatic rings. The zero-order valence-electron chi connectivity index (χ0n) is 10.8. The fourth-order valence-electron chi connectivity index (χ4n) is 1.72. The highest BCUT2D eigenvalue weighted by molar-refractivity contribution is 7.18. The highest BCUT2D eigenvalue weighted by Gasteiger charge is 2.13. The number of aromatic nitrogens is 3. The first kappa shape index (κ1) is 13.7. The quantitative estimate of drug-likeness (QED) is 0.786. The Balaban J connectivity index is 1.93. The number of anilines is 1. The molecule has 1 amide bonds. The molecule has 0 radical (unpaired) electrons. The summed E-state index contributed by atoms with van der Waals surface area (Å²) in [6.45, 7) is 1.57. The number of amides is 1. The van der Waals surface area contributed by atoms with Gasteiger partial charge in [0.1, 0.15) is 10.6 Å². The fraction of sp³-hybridized carbons (Fsp3) is 0.0769. The van der Waals surface area contributed by atoms with Gasteiger partial charge in [0.05, 0.1) is 6.20 Å². The molecular weight excluding hydrogens is 312 g/mol. The van der Waals surface area contributed by atoms with Crippen LogP contribution < -0.4 is 10.9 Å². The maximum Gasteiger partial charge on any atom is 0.295 e. The van der Waals surface area contributed by atoms with Crippen LogP contribution in [0.25, 0.3) is 4.96 Å². The number of benzene rings is 1. The summed E-state index contributed by atoms with van der Waals surface area (Å²) in [5.74, 6) is -0.306. The molecule has 1 N–H and O–H groups in total. The Morgan fingerprint density at radius 1 is 1.43 bits per heavy atom. The average molecular weight is 321 g/mol. The second-order valence-corrected chi connectivity index (χ2v) is 5.73. The second kappa shape index (κ2) is 5.27. The first-order valence-electron chi connectivity index (χ1n) is 5.97. The Hall–Kier alpha value is -2.25. The van der Waals surface area contributed by atoms with Crippen molar-refractivity contribution in [2.75, 3.05) is 5.32 Å². The predicted octanol–water partition coefficient (Wildman–Crippen LogP) is 2.37. The van der Waals surface area contributed by atoms with Crippen molar-refractivity contribution in [1.29, 1.82) is 0 Å². The van der Waals surface area contributed by atoms with Crippen LogP contribution >= 0.6 is 22.9 Å². The molecule has 0 bridgehead atoms. The number of nitrogens with zero attached hydrogens (tertiary/aromatic N) is 3. The van der Waals surface area contributed by atoms with Gasteiger partial charge in [-0.3, -0.25) is 9.59 Å². The largest absolute Gasteiger partial charge is 0.321 e. The second-order valence-electron chi connectivity index (χ2n) is 4.29. The van der Waals surface area contributed by atoms with E-state index in [1.54, 1.807) is 37.4 Å². The van der Waals surface area contributed by atoms with E-state index in [0.717, 1.165) is 11.3 Å². The third-order valence-corrected chi connectivity index (χ3v) is 3.91. The van der Waals surface area contributed by atoms with Gasteiger partial charge in [-0.1, -0.05) is 29.0 Å². The number of aryl methyl sites for hydroxylation is 1. The molecule has 21 heavy (non-hydrogen) atoms. The standard InChI is InChI=1S/C13H9ClN4O2S/c1-7-11(19)16-13-18(17-7)6-10(21-13)12(20)15-9-4-2-3-8(14)5-9/h2-6H,1H3,(H,15,20). The SMILES string of the molecule is Cc1nn2cc(C(=O)Nc3cccc(Cl)c3)sc2nc1=O. The van der Waals surface area contributed by atoms with E-state index in [-0.39, 0.29) is 11.6 Å². The molecule has 2 aromatic heterocycles. The Labute approximate surface area is 128 Å². The molecule has 3 rings (SSSR count). The molecule has 0 atom stereocenters. The summed E-state index contributed by atoms with van der Waals surface area (Å²) in [5, 5.41) is 7.32. The zero-order chi connectivity index (χ0) is 15.0. The molecule has 0 spiro atoms. The lowest BCUT2D eigenvalue weighted by Crippen LogP contribution is -2.14. The zero-order valence-corrected chi connectivity index (χ0v) is 12.4. The third kappa shape index (κ3) is 2.79. The fourth-order valence-corrected chi connectivity index (χ4v) is 2.72. The van der Waals surface area contributed by atoms with Crippen LogP contribution in [0.1, 0.15) is 15.4 Å². The summed E-state index contributed by atoms with van der Waals surface area (Å²) >= 11 is 6.96. The van der Waals surface area contributed by atoms with Gasteiger partial charge in [0, 0.05) is 10.7 Å². The van der Waals surface area contributed by atoms with Gasteiger partial charge in [-0.2, -0.15) is 10.1 Å². The molecule has 106 valence electrons. The summed E-state index contributed by atoms with van der Waals surface area (Å²) in [6, 6.07) is 6.85. The van der Waals surface area contributed by atoms with E-state index < -0.39 is 5.56 Å². The number of rotatable bonds is 2. The van der Waals surface area contributed by atoms with Crippen LogP contribution in [0.2, 0.25) is 5.02 Å². The van der Waals surface area contributed by atoms with Crippen molar-refractivity contribution in [1.82, 2.24) is 14.6 Å². The van der Waals surface area contributed by atoms with Gasteiger partial charge in [0.15, 0.2) is 0 Å². The lowest BCUT2D eigenvalue weighted by atomic mass is 10.3. The van der Waals surface area contributed by atoms with Gasteiger partial charge in [0.25, 0.3) is 11.5 Å². The molecular formula is C13H9ClN4O2S. The van der Waals surface area contributed by atoms with Crippen molar-refractivity contribution in [2.45, 2.75) is 6.92 Å². The van der Waals surface area contributed by atoms with Crippen LogP contribution in [-0.2, 0) is 0 Å². The van der Waals surface area contributed by atoms with Gasteiger partial charge in [-0.15, -0.1) is 0 Å².